The maximum absolute atomic E-state index is 12.5. The fraction of sp³-hybridized carbons (Fsp3) is 0.294. The average molecular weight is 368 g/mol. The molecule has 3 N–H and O–H groups in total. The van der Waals surface area contributed by atoms with Crippen LogP contribution in [0, 0.1) is 0 Å². The van der Waals surface area contributed by atoms with Crippen molar-refractivity contribution in [3.05, 3.63) is 41.7 Å². The smallest absolute Gasteiger partial charge is 0.258 e. The molecule has 0 aliphatic carbocycles. The van der Waals surface area contributed by atoms with Crippen molar-refractivity contribution < 1.29 is 18.8 Å². The van der Waals surface area contributed by atoms with Gasteiger partial charge in [0.25, 0.3) is 5.89 Å². The molecule has 0 saturated carbocycles. The number of carbonyl (C=O) groups is 1. The van der Waals surface area contributed by atoms with E-state index in [4.69, 9.17) is 14.0 Å². The zero-order valence-corrected chi connectivity index (χ0v) is 14.2. The Balaban J connectivity index is 1.26. The Morgan fingerprint density at radius 3 is 3.19 bits per heavy atom. The summed E-state index contributed by atoms with van der Waals surface area (Å²) in [5.41, 5.74) is 2.44. The summed E-state index contributed by atoms with van der Waals surface area (Å²) in [7, 11) is 0. The quantitative estimate of drug-likeness (QED) is 0.614. The van der Waals surface area contributed by atoms with Crippen LogP contribution in [0.15, 0.2) is 29.0 Å². The lowest BCUT2D eigenvalue weighted by molar-refractivity contribution is -0.123. The first-order valence-electron chi connectivity index (χ1n) is 8.54. The van der Waals surface area contributed by atoms with Gasteiger partial charge in [-0.15, -0.1) is 0 Å². The lowest BCUT2D eigenvalue weighted by atomic mass is 10.1. The van der Waals surface area contributed by atoms with E-state index in [2.05, 4.69) is 30.7 Å². The number of fused-ring (bicyclic) bond motifs is 2. The molecule has 3 aromatic rings. The Bertz CT molecular complexity index is 997. The highest BCUT2D eigenvalue weighted by atomic mass is 16.7. The number of carbonyl (C=O) groups excluding carboxylic acids is 1. The van der Waals surface area contributed by atoms with Crippen molar-refractivity contribution in [2.24, 2.45) is 0 Å². The van der Waals surface area contributed by atoms with E-state index in [0.717, 1.165) is 23.4 Å². The van der Waals surface area contributed by atoms with Crippen molar-refractivity contribution in [1.82, 2.24) is 30.7 Å². The highest BCUT2D eigenvalue weighted by Gasteiger charge is 2.28. The molecule has 138 valence electrons. The van der Waals surface area contributed by atoms with Crippen LogP contribution in [0.4, 0.5) is 0 Å². The van der Waals surface area contributed by atoms with Crippen molar-refractivity contribution in [3.63, 3.8) is 0 Å². The summed E-state index contributed by atoms with van der Waals surface area (Å²) in [6, 6.07) is 4.90. The largest absolute Gasteiger partial charge is 0.454 e. The third-order valence-electron chi connectivity index (χ3n) is 4.52. The summed E-state index contributed by atoms with van der Waals surface area (Å²) in [6.45, 7) is 1.07. The molecule has 1 atom stereocenters. The monoisotopic (exact) mass is 368 g/mol. The molecule has 1 aromatic carbocycles. The lowest BCUT2D eigenvalue weighted by Crippen LogP contribution is -2.41. The van der Waals surface area contributed by atoms with Crippen LogP contribution in [0.1, 0.15) is 23.3 Å². The van der Waals surface area contributed by atoms with Crippen LogP contribution in [0.25, 0.3) is 11.5 Å². The van der Waals surface area contributed by atoms with Gasteiger partial charge in [0.15, 0.2) is 17.3 Å². The Labute approximate surface area is 153 Å². The SMILES string of the molecule is O=C(NCc1noc(-c2ccc3c(c2)OCO3)n1)[C@@H]1NCCc2[nH]cnc21. The van der Waals surface area contributed by atoms with Crippen molar-refractivity contribution in [2.45, 2.75) is 19.0 Å². The van der Waals surface area contributed by atoms with Gasteiger partial charge in [-0.1, -0.05) is 5.16 Å². The van der Waals surface area contributed by atoms with E-state index >= 15 is 0 Å². The van der Waals surface area contributed by atoms with Gasteiger partial charge < -0.3 is 29.6 Å². The number of imidazole rings is 1. The zero-order chi connectivity index (χ0) is 18.2. The number of benzene rings is 1. The zero-order valence-electron chi connectivity index (χ0n) is 14.2. The number of hydrogen-bond acceptors (Lipinski definition) is 8. The second kappa shape index (κ2) is 6.40. The fourth-order valence-electron chi connectivity index (χ4n) is 3.18. The first-order chi connectivity index (χ1) is 13.3. The molecule has 0 bridgehead atoms. The highest BCUT2D eigenvalue weighted by Crippen LogP contribution is 2.35. The van der Waals surface area contributed by atoms with Gasteiger partial charge >= 0.3 is 0 Å². The third-order valence-corrected chi connectivity index (χ3v) is 4.52. The number of rotatable bonds is 4. The maximum atomic E-state index is 12.5. The van der Waals surface area contributed by atoms with Crippen LogP contribution in [0.3, 0.4) is 0 Å². The molecule has 0 unspecified atom stereocenters. The second-order valence-corrected chi connectivity index (χ2v) is 6.21. The van der Waals surface area contributed by atoms with E-state index in [1.807, 2.05) is 6.07 Å². The van der Waals surface area contributed by atoms with Crippen molar-refractivity contribution >= 4 is 5.91 Å². The average Bonchev–Trinajstić information content (AvgIpc) is 3.45. The third kappa shape index (κ3) is 2.89. The lowest BCUT2D eigenvalue weighted by Gasteiger charge is -2.21. The van der Waals surface area contributed by atoms with Crippen molar-refractivity contribution in [2.75, 3.05) is 13.3 Å². The van der Waals surface area contributed by atoms with Gasteiger partial charge in [-0.3, -0.25) is 4.79 Å². The van der Waals surface area contributed by atoms with E-state index in [0.29, 0.717) is 29.8 Å². The fourth-order valence-corrected chi connectivity index (χ4v) is 3.18. The number of aromatic amines is 1. The molecule has 0 saturated heterocycles. The van der Waals surface area contributed by atoms with Crippen molar-refractivity contribution in [1.29, 1.82) is 0 Å². The molecule has 2 aromatic heterocycles. The van der Waals surface area contributed by atoms with E-state index in [1.54, 1.807) is 18.5 Å². The minimum atomic E-state index is -0.486. The number of nitrogens with zero attached hydrogens (tertiary/aromatic N) is 3. The predicted octanol–water partition coefficient (Wildman–Crippen LogP) is 0.692. The molecule has 2 aliphatic heterocycles. The summed E-state index contributed by atoms with van der Waals surface area (Å²) >= 11 is 0. The van der Waals surface area contributed by atoms with E-state index in [9.17, 15) is 4.79 Å². The van der Waals surface area contributed by atoms with Crippen LogP contribution < -0.4 is 20.1 Å². The normalized spacial score (nSPS) is 17.6. The van der Waals surface area contributed by atoms with E-state index < -0.39 is 6.04 Å². The molecule has 0 fully saturated rings. The van der Waals surface area contributed by atoms with Crippen LogP contribution in [-0.2, 0) is 17.8 Å². The molecular formula is C17H16N6O4. The molecule has 4 heterocycles. The molecule has 0 spiro atoms. The Kier molecular flexibility index (Phi) is 3.75. The number of aromatic nitrogens is 4. The minimum absolute atomic E-state index is 0.158. The number of H-pyrrole nitrogens is 1. The van der Waals surface area contributed by atoms with Gasteiger partial charge in [0, 0.05) is 24.2 Å². The van der Waals surface area contributed by atoms with Gasteiger partial charge in [0.1, 0.15) is 6.04 Å². The first-order valence-corrected chi connectivity index (χ1v) is 8.54. The van der Waals surface area contributed by atoms with E-state index in [1.165, 1.54) is 0 Å². The second-order valence-electron chi connectivity index (χ2n) is 6.21. The summed E-state index contributed by atoms with van der Waals surface area (Å²) in [5.74, 6) is 1.87. The molecule has 2 aliphatic rings. The van der Waals surface area contributed by atoms with Gasteiger partial charge in [0.2, 0.25) is 12.7 Å². The van der Waals surface area contributed by atoms with Gasteiger partial charge in [-0.05, 0) is 18.2 Å². The number of nitrogens with one attached hydrogen (secondary N) is 3. The van der Waals surface area contributed by atoms with Crippen LogP contribution in [0.2, 0.25) is 0 Å². The highest BCUT2D eigenvalue weighted by molar-refractivity contribution is 5.83. The predicted molar refractivity (Wildman–Crippen MR) is 90.7 cm³/mol. The standard InChI is InChI=1S/C17H16N6O4/c24-16(15-14-10(3-4-18-15)20-7-21-14)19-6-13-22-17(27-23-13)9-1-2-11-12(5-9)26-8-25-11/h1-2,5,7,15,18H,3-4,6,8H2,(H,19,24)(H,20,21)/t15-/m1/s1. The minimum Gasteiger partial charge on any atom is -0.454 e. The molecule has 10 heteroatoms. The Morgan fingerprint density at radius 1 is 1.30 bits per heavy atom. The number of amides is 1. The van der Waals surface area contributed by atoms with E-state index in [-0.39, 0.29) is 19.2 Å². The van der Waals surface area contributed by atoms with Gasteiger partial charge in [-0.25, -0.2) is 4.98 Å². The molecule has 1 amide bonds. The number of ether oxygens (including phenoxy) is 2. The van der Waals surface area contributed by atoms with Crippen molar-refractivity contribution in [3.8, 4) is 23.0 Å². The first kappa shape index (κ1) is 15.8. The molecule has 10 nitrogen and oxygen atoms in total. The van der Waals surface area contributed by atoms with Crippen LogP contribution in [-0.4, -0.2) is 39.4 Å². The maximum Gasteiger partial charge on any atom is 0.258 e. The Morgan fingerprint density at radius 2 is 2.22 bits per heavy atom. The summed E-state index contributed by atoms with van der Waals surface area (Å²) < 4.78 is 15.9. The summed E-state index contributed by atoms with van der Waals surface area (Å²) in [4.78, 5) is 24.1. The molecule has 5 rings (SSSR count). The summed E-state index contributed by atoms with van der Waals surface area (Å²) in [5, 5.41) is 9.91. The van der Waals surface area contributed by atoms with Crippen LogP contribution in [0.5, 0.6) is 11.5 Å². The summed E-state index contributed by atoms with van der Waals surface area (Å²) in [6.07, 6.45) is 2.43. The number of hydrogen-bond donors (Lipinski definition) is 3. The Hall–Kier alpha value is -3.40. The molecule has 27 heavy (non-hydrogen) atoms. The topological polar surface area (TPSA) is 127 Å². The molecule has 0 radical (unpaired) electrons. The van der Waals surface area contributed by atoms with Gasteiger partial charge in [-0.2, -0.15) is 4.98 Å². The van der Waals surface area contributed by atoms with Crippen LogP contribution >= 0.6 is 0 Å². The molecular weight excluding hydrogens is 352 g/mol. The van der Waals surface area contributed by atoms with Gasteiger partial charge in [0.05, 0.1) is 18.6 Å².